The number of methoxy groups -OCH3 is 1. The molecular formula is C18H29N5O3. The molecule has 1 aliphatic carbocycles. The van der Waals surface area contributed by atoms with Gasteiger partial charge in [-0.15, -0.1) is 0 Å². The number of nitrogens with zero attached hydrogens (tertiary/aromatic N) is 3. The van der Waals surface area contributed by atoms with Gasteiger partial charge in [-0.3, -0.25) is 14.3 Å². The molecule has 0 aromatic carbocycles. The summed E-state index contributed by atoms with van der Waals surface area (Å²) in [5, 5.41) is 10.6. The molecule has 0 atom stereocenters. The van der Waals surface area contributed by atoms with Crippen molar-refractivity contribution in [3.8, 4) is 0 Å². The smallest absolute Gasteiger partial charge is 0.245 e. The first kappa shape index (κ1) is 18.7. The first-order chi connectivity index (χ1) is 12.5. The van der Waals surface area contributed by atoms with Gasteiger partial charge in [-0.25, -0.2) is 0 Å². The Morgan fingerprint density at radius 2 is 2.08 bits per heavy atom. The quantitative estimate of drug-likeness (QED) is 0.666. The standard InChI is InChI=1S/C18H29N5O3/c1-22-9-5-15(21-22)20-18(17(25)19-8-12-26-2)6-10-23(11-7-18)16(24)13-14-3-4-14/h5,9,14H,3-4,6-8,10-13H2,1-2H3,(H,19,25)(H,20,21). The lowest BCUT2D eigenvalue weighted by atomic mass is 9.86. The normalized spacial score (nSPS) is 19.2. The minimum absolute atomic E-state index is 0.0607. The van der Waals surface area contributed by atoms with Crippen LogP contribution in [0.25, 0.3) is 0 Å². The summed E-state index contributed by atoms with van der Waals surface area (Å²) in [7, 11) is 3.45. The first-order valence-electron chi connectivity index (χ1n) is 9.35. The number of aryl methyl sites for hydroxylation is 1. The fourth-order valence-electron chi connectivity index (χ4n) is 3.41. The highest BCUT2D eigenvalue weighted by Gasteiger charge is 2.43. The molecule has 2 amide bonds. The molecule has 2 aliphatic rings. The zero-order valence-corrected chi connectivity index (χ0v) is 15.7. The Hall–Kier alpha value is -2.09. The molecule has 2 N–H and O–H groups in total. The lowest BCUT2D eigenvalue weighted by molar-refractivity contribution is -0.136. The van der Waals surface area contributed by atoms with Gasteiger partial charge in [-0.05, 0) is 31.6 Å². The van der Waals surface area contributed by atoms with E-state index in [2.05, 4.69) is 15.7 Å². The number of carbonyl (C=O) groups is 2. The van der Waals surface area contributed by atoms with Crippen LogP contribution in [0.2, 0.25) is 0 Å². The molecule has 0 spiro atoms. The molecule has 2 heterocycles. The van der Waals surface area contributed by atoms with Crippen LogP contribution in [0.5, 0.6) is 0 Å². The highest BCUT2D eigenvalue weighted by molar-refractivity contribution is 5.89. The van der Waals surface area contributed by atoms with Gasteiger partial charge in [0.2, 0.25) is 11.8 Å². The Balaban J connectivity index is 1.65. The second-order valence-electron chi connectivity index (χ2n) is 7.36. The average Bonchev–Trinajstić information content (AvgIpc) is 3.35. The van der Waals surface area contributed by atoms with Crippen LogP contribution < -0.4 is 10.6 Å². The molecule has 3 rings (SSSR count). The SMILES string of the molecule is COCCNC(=O)C1(Nc2ccn(C)n2)CCN(C(=O)CC2CC2)CC1. The van der Waals surface area contributed by atoms with E-state index < -0.39 is 5.54 Å². The summed E-state index contributed by atoms with van der Waals surface area (Å²) in [5.41, 5.74) is -0.752. The number of carbonyl (C=O) groups excluding carboxylic acids is 2. The summed E-state index contributed by atoms with van der Waals surface area (Å²) in [6, 6.07) is 1.86. The van der Waals surface area contributed by atoms with E-state index in [4.69, 9.17) is 4.74 Å². The van der Waals surface area contributed by atoms with Crippen molar-refractivity contribution in [2.45, 2.75) is 37.6 Å². The van der Waals surface area contributed by atoms with E-state index >= 15 is 0 Å². The van der Waals surface area contributed by atoms with Crippen LogP contribution >= 0.6 is 0 Å². The summed E-state index contributed by atoms with van der Waals surface area (Å²) < 4.78 is 6.72. The van der Waals surface area contributed by atoms with Crippen molar-refractivity contribution in [3.05, 3.63) is 12.3 Å². The van der Waals surface area contributed by atoms with E-state index in [1.807, 2.05) is 24.2 Å². The van der Waals surface area contributed by atoms with Gasteiger partial charge in [0.25, 0.3) is 0 Å². The van der Waals surface area contributed by atoms with Crippen molar-refractivity contribution >= 4 is 17.6 Å². The molecule has 0 radical (unpaired) electrons. The van der Waals surface area contributed by atoms with Crippen LogP contribution in [0.15, 0.2) is 12.3 Å². The summed E-state index contributed by atoms with van der Waals surface area (Å²) in [6.07, 6.45) is 5.98. The third-order valence-corrected chi connectivity index (χ3v) is 5.24. The van der Waals surface area contributed by atoms with Crippen LogP contribution in [0.4, 0.5) is 5.82 Å². The van der Waals surface area contributed by atoms with E-state index in [0.29, 0.717) is 57.2 Å². The maximum absolute atomic E-state index is 12.9. The zero-order valence-electron chi connectivity index (χ0n) is 15.7. The van der Waals surface area contributed by atoms with Gasteiger partial charge >= 0.3 is 0 Å². The molecule has 8 heteroatoms. The minimum Gasteiger partial charge on any atom is -0.383 e. The summed E-state index contributed by atoms with van der Waals surface area (Å²) in [4.78, 5) is 27.2. The third kappa shape index (κ3) is 4.55. The Bertz CT molecular complexity index is 633. The molecular weight excluding hydrogens is 334 g/mol. The van der Waals surface area contributed by atoms with Crippen LogP contribution in [-0.4, -0.2) is 65.4 Å². The molecule has 1 aliphatic heterocycles. The minimum atomic E-state index is -0.752. The zero-order chi connectivity index (χ0) is 18.6. The molecule has 26 heavy (non-hydrogen) atoms. The number of amides is 2. The molecule has 1 saturated carbocycles. The number of nitrogens with one attached hydrogen (secondary N) is 2. The number of anilines is 1. The number of likely N-dealkylation sites (tertiary alicyclic amines) is 1. The van der Waals surface area contributed by atoms with E-state index in [-0.39, 0.29) is 11.8 Å². The second kappa shape index (κ2) is 8.07. The molecule has 2 fully saturated rings. The number of rotatable bonds is 8. The van der Waals surface area contributed by atoms with Gasteiger partial charge in [-0.2, -0.15) is 5.10 Å². The van der Waals surface area contributed by atoms with Crippen LogP contribution in [-0.2, 0) is 21.4 Å². The Kier molecular flexibility index (Phi) is 5.80. The fourth-order valence-corrected chi connectivity index (χ4v) is 3.41. The number of aromatic nitrogens is 2. The van der Waals surface area contributed by atoms with Crippen molar-refractivity contribution in [1.82, 2.24) is 20.0 Å². The monoisotopic (exact) mass is 363 g/mol. The Morgan fingerprint density at radius 3 is 2.65 bits per heavy atom. The largest absolute Gasteiger partial charge is 0.383 e. The lowest BCUT2D eigenvalue weighted by Crippen LogP contribution is -2.59. The Labute approximate surface area is 154 Å². The number of hydrogen-bond donors (Lipinski definition) is 2. The highest BCUT2D eigenvalue weighted by atomic mass is 16.5. The predicted octanol–water partition coefficient (Wildman–Crippen LogP) is 0.756. The van der Waals surface area contributed by atoms with Crippen LogP contribution in [0, 0.1) is 5.92 Å². The average molecular weight is 363 g/mol. The molecule has 144 valence electrons. The molecule has 8 nitrogen and oxygen atoms in total. The van der Waals surface area contributed by atoms with Gasteiger partial charge in [0.15, 0.2) is 0 Å². The molecule has 0 unspecified atom stereocenters. The molecule has 0 bridgehead atoms. The number of hydrogen-bond acceptors (Lipinski definition) is 5. The predicted molar refractivity (Wildman–Crippen MR) is 97.6 cm³/mol. The van der Waals surface area contributed by atoms with Crippen LogP contribution in [0.1, 0.15) is 32.1 Å². The van der Waals surface area contributed by atoms with Crippen molar-refractivity contribution in [2.24, 2.45) is 13.0 Å². The van der Waals surface area contributed by atoms with Gasteiger partial charge in [0, 0.05) is 52.5 Å². The van der Waals surface area contributed by atoms with E-state index in [0.717, 1.165) is 0 Å². The van der Waals surface area contributed by atoms with Gasteiger partial charge in [0.05, 0.1) is 6.61 Å². The molecule has 1 aromatic heterocycles. The summed E-state index contributed by atoms with van der Waals surface area (Å²) >= 11 is 0. The van der Waals surface area contributed by atoms with E-state index in [1.54, 1.807) is 11.8 Å². The molecule has 1 saturated heterocycles. The van der Waals surface area contributed by atoms with Crippen molar-refractivity contribution in [1.29, 1.82) is 0 Å². The maximum Gasteiger partial charge on any atom is 0.245 e. The van der Waals surface area contributed by atoms with Gasteiger partial charge < -0.3 is 20.3 Å². The summed E-state index contributed by atoms with van der Waals surface area (Å²) in [6.45, 7) is 2.11. The van der Waals surface area contributed by atoms with Gasteiger partial charge in [-0.1, -0.05) is 0 Å². The maximum atomic E-state index is 12.9. The number of piperidine rings is 1. The van der Waals surface area contributed by atoms with Gasteiger partial charge in [0.1, 0.15) is 11.4 Å². The van der Waals surface area contributed by atoms with Crippen LogP contribution in [0.3, 0.4) is 0 Å². The lowest BCUT2D eigenvalue weighted by Gasteiger charge is -2.41. The number of ether oxygens (including phenoxy) is 1. The summed E-state index contributed by atoms with van der Waals surface area (Å²) in [5.74, 6) is 1.42. The fraction of sp³-hybridized carbons (Fsp3) is 0.722. The third-order valence-electron chi connectivity index (χ3n) is 5.24. The van der Waals surface area contributed by atoms with Crippen molar-refractivity contribution in [2.75, 3.05) is 38.7 Å². The highest BCUT2D eigenvalue weighted by Crippen LogP contribution is 2.34. The second-order valence-corrected chi connectivity index (χ2v) is 7.36. The van der Waals surface area contributed by atoms with E-state index in [1.165, 1.54) is 12.8 Å². The topological polar surface area (TPSA) is 88.5 Å². The van der Waals surface area contributed by atoms with Crippen molar-refractivity contribution in [3.63, 3.8) is 0 Å². The Morgan fingerprint density at radius 1 is 1.35 bits per heavy atom. The first-order valence-corrected chi connectivity index (χ1v) is 9.35. The van der Waals surface area contributed by atoms with Crippen molar-refractivity contribution < 1.29 is 14.3 Å². The van der Waals surface area contributed by atoms with E-state index in [9.17, 15) is 9.59 Å². The molecule has 1 aromatic rings.